The lowest BCUT2D eigenvalue weighted by Crippen LogP contribution is -2.35. The van der Waals surface area contributed by atoms with E-state index in [2.05, 4.69) is 20.8 Å². The molecule has 2 fully saturated rings. The Labute approximate surface area is 79.3 Å². The monoisotopic (exact) mass is 181 g/mol. The molecule has 0 aliphatic heterocycles. The average Bonchev–Trinajstić information content (AvgIpc) is 2.34. The molecule has 0 radical (unpaired) electrons. The molecular weight excluding hydrogens is 164 g/mol. The largest absolute Gasteiger partial charge is 0.550 e. The first-order valence-electron chi connectivity index (χ1n) is 5.09. The highest BCUT2D eigenvalue weighted by Gasteiger charge is 2.60. The Morgan fingerprint density at radius 1 is 1.38 bits per heavy atom. The minimum absolute atomic E-state index is 0.186. The van der Waals surface area contributed by atoms with Crippen LogP contribution < -0.4 is 5.11 Å². The van der Waals surface area contributed by atoms with Crippen LogP contribution in [0.15, 0.2) is 0 Å². The van der Waals surface area contributed by atoms with Gasteiger partial charge in [-0.05, 0) is 36.0 Å². The van der Waals surface area contributed by atoms with E-state index in [9.17, 15) is 9.90 Å². The molecule has 0 N–H and O–H groups in total. The highest BCUT2D eigenvalue weighted by Crippen LogP contribution is 2.67. The Kier molecular flexibility index (Phi) is 1.59. The van der Waals surface area contributed by atoms with Crippen LogP contribution >= 0.6 is 0 Å². The van der Waals surface area contributed by atoms with Gasteiger partial charge in [-0.3, -0.25) is 0 Å². The SMILES string of the molecule is CC1(C)[C@H]2CC[C@]1(C)C[C@@H]2C(=O)[O-]. The minimum Gasteiger partial charge on any atom is -0.550 e. The number of carbonyl (C=O) groups excluding carboxylic acids is 1. The summed E-state index contributed by atoms with van der Waals surface area (Å²) < 4.78 is 0. The molecule has 0 aromatic rings. The molecule has 0 heterocycles. The van der Waals surface area contributed by atoms with Crippen molar-refractivity contribution in [3.8, 4) is 0 Å². The number of hydrogen-bond acceptors (Lipinski definition) is 2. The van der Waals surface area contributed by atoms with E-state index < -0.39 is 5.97 Å². The molecule has 0 aromatic heterocycles. The second-order valence-corrected chi connectivity index (χ2v) is 5.56. The predicted molar refractivity (Wildman–Crippen MR) is 47.7 cm³/mol. The third-order valence-electron chi connectivity index (χ3n) is 4.95. The molecule has 3 atom stereocenters. The Morgan fingerprint density at radius 3 is 2.23 bits per heavy atom. The van der Waals surface area contributed by atoms with E-state index in [4.69, 9.17) is 0 Å². The van der Waals surface area contributed by atoms with E-state index in [1.807, 2.05) is 0 Å². The van der Waals surface area contributed by atoms with Crippen LogP contribution in [-0.4, -0.2) is 5.97 Å². The van der Waals surface area contributed by atoms with Gasteiger partial charge in [0.05, 0.1) is 0 Å². The predicted octanol–water partition coefficient (Wildman–Crippen LogP) is 1.20. The van der Waals surface area contributed by atoms with Crippen molar-refractivity contribution in [3.05, 3.63) is 0 Å². The summed E-state index contributed by atoms with van der Waals surface area (Å²) in [4.78, 5) is 10.9. The second-order valence-electron chi connectivity index (χ2n) is 5.56. The zero-order chi connectivity index (χ0) is 9.85. The molecule has 2 bridgehead atoms. The molecule has 0 unspecified atom stereocenters. The van der Waals surface area contributed by atoms with Crippen molar-refractivity contribution >= 4 is 5.97 Å². The fraction of sp³-hybridized carbons (Fsp3) is 0.909. The number of carboxylic acids is 1. The van der Waals surface area contributed by atoms with Crippen LogP contribution in [0, 0.1) is 22.7 Å². The van der Waals surface area contributed by atoms with Crippen LogP contribution in [0.25, 0.3) is 0 Å². The zero-order valence-corrected chi connectivity index (χ0v) is 8.59. The van der Waals surface area contributed by atoms with Crippen molar-refractivity contribution in [3.63, 3.8) is 0 Å². The van der Waals surface area contributed by atoms with Gasteiger partial charge in [0.15, 0.2) is 0 Å². The summed E-state index contributed by atoms with van der Waals surface area (Å²) in [5.41, 5.74) is 0.431. The van der Waals surface area contributed by atoms with E-state index in [1.165, 1.54) is 6.42 Å². The lowest BCUT2D eigenvalue weighted by atomic mass is 9.71. The van der Waals surface area contributed by atoms with E-state index in [0.29, 0.717) is 5.92 Å². The molecule has 2 heteroatoms. The Bertz CT molecular complexity index is 254. The quantitative estimate of drug-likeness (QED) is 0.609. The van der Waals surface area contributed by atoms with Crippen LogP contribution in [-0.2, 0) is 4.79 Å². The van der Waals surface area contributed by atoms with E-state index in [0.717, 1.165) is 12.8 Å². The molecule has 74 valence electrons. The Balaban J connectivity index is 2.34. The van der Waals surface area contributed by atoms with Gasteiger partial charge in [0, 0.05) is 11.9 Å². The van der Waals surface area contributed by atoms with E-state index in [-0.39, 0.29) is 16.7 Å². The molecule has 2 nitrogen and oxygen atoms in total. The van der Waals surface area contributed by atoms with Crippen molar-refractivity contribution in [2.75, 3.05) is 0 Å². The minimum atomic E-state index is -0.832. The van der Waals surface area contributed by atoms with Gasteiger partial charge in [-0.15, -0.1) is 0 Å². The maximum absolute atomic E-state index is 10.9. The van der Waals surface area contributed by atoms with Gasteiger partial charge in [0.1, 0.15) is 0 Å². The van der Waals surface area contributed by atoms with Gasteiger partial charge in [-0.1, -0.05) is 20.8 Å². The van der Waals surface area contributed by atoms with Crippen LogP contribution in [0.1, 0.15) is 40.0 Å². The fourth-order valence-corrected chi connectivity index (χ4v) is 3.55. The van der Waals surface area contributed by atoms with Crippen LogP contribution in [0.4, 0.5) is 0 Å². The molecule has 0 amide bonds. The van der Waals surface area contributed by atoms with Gasteiger partial charge < -0.3 is 9.90 Å². The van der Waals surface area contributed by atoms with Crippen LogP contribution in [0.3, 0.4) is 0 Å². The van der Waals surface area contributed by atoms with Gasteiger partial charge >= 0.3 is 0 Å². The summed E-state index contributed by atoms with van der Waals surface area (Å²) in [6, 6.07) is 0. The summed E-state index contributed by atoms with van der Waals surface area (Å²) in [7, 11) is 0. The Hall–Kier alpha value is -0.530. The van der Waals surface area contributed by atoms with Gasteiger partial charge in [-0.25, -0.2) is 0 Å². The molecule has 2 rings (SSSR count). The van der Waals surface area contributed by atoms with Gasteiger partial charge in [0.2, 0.25) is 0 Å². The first kappa shape index (κ1) is 9.04. The number of carboxylic acid groups (broad SMARTS) is 1. The molecular formula is C11H17O2-. The lowest BCUT2D eigenvalue weighted by Gasteiger charge is -2.34. The molecule has 13 heavy (non-hydrogen) atoms. The summed E-state index contributed by atoms with van der Waals surface area (Å²) in [6.07, 6.45) is 3.09. The van der Waals surface area contributed by atoms with Crippen molar-refractivity contribution in [1.82, 2.24) is 0 Å². The summed E-state index contributed by atoms with van der Waals surface area (Å²) in [5.74, 6) is -0.669. The van der Waals surface area contributed by atoms with Crippen LogP contribution in [0.5, 0.6) is 0 Å². The standard InChI is InChI=1S/C11H18O2/c1-10(2)8-4-5-11(10,3)6-7(8)9(12)13/h7-8H,4-6H2,1-3H3,(H,12,13)/p-1/t7-,8-,11+/m0/s1. The van der Waals surface area contributed by atoms with E-state index in [1.54, 1.807) is 0 Å². The Morgan fingerprint density at radius 2 is 2.00 bits per heavy atom. The maximum atomic E-state index is 10.9. The average molecular weight is 181 g/mol. The maximum Gasteiger partial charge on any atom is 0.0448 e. The number of rotatable bonds is 1. The molecule has 0 saturated heterocycles. The second kappa shape index (κ2) is 2.28. The highest BCUT2D eigenvalue weighted by atomic mass is 16.4. The molecule has 0 aromatic carbocycles. The third-order valence-corrected chi connectivity index (χ3v) is 4.95. The third kappa shape index (κ3) is 0.918. The van der Waals surface area contributed by atoms with Crippen molar-refractivity contribution in [2.45, 2.75) is 40.0 Å². The molecule has 2 saturated carbocycles. The first-order valence-corrected chi connectivity index (χ1v) is 5.09. The van der Waals surface area contributed by atoms with E-state index >= 15 is 0 Å². The van der Waals surface area contributed by atoms with Crippen molar-refractivity contribution in [2.24, 2.45) is 22.7 Å². The smallest absolute Gasteiger partial charge is 0.0448 e. The topological polar surface area (TPSA) is 40.1 Å². The highest BCUT2D eigenvalue weighted by molar-refractivity contribution is 5.69. The first-order chi connectivity index (χ1) is 5.88. The summed E-state index contributed by atoms with van der Waals surface area (Å²) >= 11 is 0. The van der Waals surface area contributed by atoms with Crippen LogP contribution in [0.2, 0.25) is 0 Å². The normalized spacial score (nSPS) is 46.7. The summed E-state index contributed by atoms with van der Waals surface area (Å²) in [5, 5.41) is 10.9. The number of aliphatic carboxylic acids is 1. The van der Waals surface area contributed by atoms with Crippen molar-refractivity contribution < 1.29 is 9.90 Å². The van der Waals surface area contributed by atoms with Gasteiger partial charge in [-0.2, -0.15) is 0 Å². The number of fused-ring (bicyclic) bond motifs is 2. The zero-order valence-electron chi connectivity index (χ0n) is 8.59. The number of carbonyl (C=O) groups is 1. The summed E-state index contributed by atoms with van der Waals surface area (Å²) in [6.45, 7) is 6.66. The molecule has 2 aliphatic rings. The number of hydrogen-bond donors (Lipinski definition) is 0. The fourth-order valence-electron chi connectivity index (χ4n) is 3.55. The lowest BCUT2D eigenvalue weighted by molar-refractivity contribution is -0.313. The van der Waals surface area contributed by atoms with Crippen molar-refractivity contribution in [1.29, 1.82) is 0 Å². The van der Waals surface area contributed by atoms with Gasteiger partial charge in [0.25, 0.3) is 0 Å². The molecule has 0 spiro atoms. The molecule has 2 aliphatic carbocycles.